The van der Waals surface area contributed by atoms with Crippen LogP contribution in [0.5, 0.6) is 0 Å². The first-order valence-corrected chi connectivity index (χ1v) is 13.6. The van der Waals surface area contributed by atoms with Crippen LogP contribution >= 0.6 is 0 Å². The highest BCUT2D eigenvalue weighted by Crippen LogP contribution is 2.29. The van der Waals surface area contributed by atoms with Gasteiger partial charge >= 0.3 is 29.8 Å². The average molecular weight is 611 g/mol. The molecular formula is C31H34N2O11. The van der Waals surface area contributed by atoms with Gasteiger partial charge in [0.15, 0.2) is 6.29 Å². The van der Waals surface area contributed by atoms with Crippen molar-refractivity contribution >= 4 is 36.1 Å². The minimum absolute atomic E-state index is 0.0187. The van der Waals surface area contributed by atoms with Crippen molar-refractivity contribution in [3.63, 3.8) is 0 Å². The summed E-state index contributed by atoms with van der Waals surface area (Å²) in [7, 11) is 4.84. The van der Waals surface area contributed by atoms with E-state index in [2.05, 4.69) is 9.97 Å². The van der Waals surface area contributed by atoms with E-state index in [0.29, 0.717) is 34.4 Å². The first-order chi connectivity index (χ1) is 21.2. The Morgan fingerprint density at radius 1 is 0.705 bits per heavy atom. The molecule has 0 saturated carbocycles. The molecule has 0 aliphatic heterocycles. The summed E-state index contributed by atoms with van der Waals surface area (Å²) < 4.78 is 24.9. The number of rotatable bonds is 15. The molecule has 13 heteroatoms. The summed E-state index contributed by atoms with van der Waals surface area (Å²) in [5.74, 6) is -3.21. The third-order valence-corrected chi connectivity index (χ3v) is 6.97. The number of aromatic amines is 2. The maximum atomic E-state index is 13.4. The molecule has 234 valence electrons. The lowest BCUT2D eigenvalue weighted by Crippen LogP contribution is -2.12. The fraction of sp³-hybridized carbons (Fsp3) is 0.355. The van der Waals surface area contributed by atoms with Crippen molar-refractivity contribution < 1.29 is 52.5 Å². The molecule has 0 saturated heterocycles. The molecule has 2 aromatic heterocycles. The second kappa shape index (κ2) is 15.9. The van der Waals surface area contributed by atoms with E-state index < -0.39 is 29.8 Å². The van der Waals surface area contributed by atoms with Crippen molar-refractivity contribution in [1.29, 1.82) is 0 Å². The topological polar surface area (TPSA) is 180 Å². The average Bonchev–Trinajstić information content (AvgIpc) is 3.57. The highest BCUT2D eigenvalue weighted by atomic mass is 16.5. The number of aromatic nitrogens is 2. The molecule has 3 rings (SSSR count). The number of benzene rings is 1. The van der Waals surface area contributed by atoms with Gasteiger partial charge in [0.05, 0.1) is 46.1 Å². The summed E-state index contributed by atoms with van der Waals surface area (Å²) in [5, 5.41) is 0. The van der Waals surface area contributed by atoms with Gasteiger partial charge in [-0.3, -0.25) is 19.2 Å². The Labute approximate surface area is 253 Å². The van der Waals surface area contributed by atoms with Crippen LogP contribution in [-0.2, 0) is 70.4 Å². The lowest BCUT2D eigenvalue weighted by atomic mass is 9.96. The van der Waals surface area contributed by atoms with Crippen LogP contribution in [0.3, 0.4) is 0 Å². The molecule has 2 heterocycles. The maximum absolute atomic E-state index is 13.4. The Morgan fingerprint density at radius 2 is 1.30 bits per heavy atom. The van der Waals surface area contributed by atoms with E-state index in [4.69, 9.17) is 23.7 Å². The summed E-state index contributed by atoms with van der Waals surface area (Å²) in [5.41, 5.74) is 2.41. The van der Waals surface area contributed by atoms with Gasteiger partial charge in [-0.05, 0) is 35.1 Å². The molecule has 2 N–H and O–H groups in total. The Kier molecular flexibility index (Phi) is 12.0. The number of methoxy groups -OCH3 is 4. The van der Waals surface area contributed by atoms with E-state index >= 15 is 0 Å². The summed E-state index contributed by atoms with van der Waals surface area (Å²) in [4.78, 5) is 80.5. The molecule has 0 amide bonds. The number of hydrogen-bond acceptors (Lipinski definition) is 11. The molecule has 3 aromatic rings. The zero-order chi connectivity index (χ0) is 32.2. The maximum Gasteiger partial charge on any atom is 0.355 e. The standard InChI is InChI=1S/C31H34N2O11/c1-40-25(35)12-10-19-21(14-27(37)42-3)23(33-29(19)31(39)44-17-18-8-6-5-7-9-18)15-22-20(11-13-26(36)41-2)28(30(38)43-4)24(16-34)32-22/h5-9,16,32-33H,10-15,17H2,1-4H3. The van der Waals surface area contributed by atoms with Crippen LogP contribution in [0.2, 0.25) is 0 Å². The zero-order valence-electron chi connectivity index (χ0n) is 24.9. The van der Waals surface area contributed by atoms with Crippen molar-refractivity contribution in [2.75, 3.05) is 28.4 Å². The van der Waals surface area contributed by atoms with Crippen LogP contribution in [0.1, 0.15) is 77.8 Å². The number of H-pyrrole nitrogens is 2. The SMILES string of the molecule is COC(=O)CCc1c(C(=O)OCc2ccccc2)[nH]c(Cc2[nH]c(C=O)c(C(=O)OC)c2CCC(=O)OC)c1CC(=O)OC. The number of nitrogens with one attached hydrogen (secondary N) is 2. The van der Waals surface area contributed by atoms with Crippen molar-refractivity contribution in [3.8, 4) is 0 Å². The Balaban J connectivity index is 2.14. The van der Waals surface area contributed by atoms with Crippen LogP contribution in [0.4, 0.5) is 0 Å². The Hall–Kier alpha value is -5.20. The predicted molar refractivity (Wildman–Crippen MR) is 153 cm³/mol. The van der Waals surface area contributed by atoms with Crippen LogP contribution in [0.15, 0.2) is 30.3 Å². The van der Waals surface area contributed by atoms with E-state index in [1.165, 1.54) is 21.3 Å². The molecule has 0 aliphatic carbocycles. The van der Waals surface area contributed by atoms with Crippen LogP contribution in [0, 0.1) is 0 Å². The fourth-order valence-electron chi connectivity index (χ4n) is 4.76. The molecule has 0 unspecified atom stereocenters. The van der Waals surface area contributed by atoms with Crippen molar-refractivity contribution in [2.24, 2.45) is 0 Å². The molecule has 0 spiro atoms. The molecule has 1 aromatic carbocycles. The van der Waals surface area contributed by atoms with Gasteiger partial charge in [-0.1, -0.05) is 30.3 Å². The molecular weight excluding hydrogens is 576 g/mol. The molecule has 0 bridgehead atoms. The summed E-state index contributed by atoms with van der Waals surface area (Å²) >= 11 is 0. The molecule has 44 heavy (non-hydrogen) atoms. The minimum Gasteiger partial charge on any atom is -0.469 e. The van der Waals surface area contributed by atoms with Gasteiger partial charge < -0.3 is 33.7 Å². The minimum atomic E-state index is -0.792. The summed E-state index contributed by atoms with van der Waals surface area (Å²) in [6, 6.07) is 9.01. The number of ether oxygens (including phenoxy) is 5. The van der Waals surface area contributed by atoms with E-state index in [-0.39, 0.29) is 62.1 Å². The predicted octanol–water partition coefficient (Wildman–Crippen LogP) is 2.82. The van der Waals surface area contributed by atoms with E-state index in [1.807, 2.05) is 6.07 Å². The van der Waals surface area contributed by atoms with Crippen LogP contribution in [0.25, 0.3) is 0 Å². The van der Waals surface area contributed by atoms with Gasteiger partial charge in [-0.2, -0.15) is 0 Å². The second-order valence-electron chi connectivity index (χ2n) is 9.56. The monoisotopic (exact) mass is 610 g/mol. The first kappa shape index (κ1) is 33.3. The second-order valence-corrected chi connectivity index (χ2v) is 9.56. The van der Waals surface area contributed by atoms with Crippen molar-refractivity contribution in [3.05, 3.63) is 80.9 Å². The van der Waals surface area contributed by atoms with Crippen molar-refractivity contribution in [2.45, 2.75) is 45.1 Å². The lowest BCUT2D eigenvalue weighted by molar-refractivity contribution is -0.141. The first-order valence-electron chi connectivity index (χ1n) is 13.6. The number of esters is 5. The third kappa shape index (κ3) is 8.21. The highest BCUT2D eigenvalue weighted by molar-refractivity contribution is 5.99. The lowest BCUT2D eigenvalue weighted by Gasteiger charge is -2.09. The Bertz CT molecular complexity index is 1520. The normalized spacial score (nSPS) is 10.5. The smallest absolute Gasteiger partial charge is 0.355 e. The van der Waals surface area contributed by atoms with Gasteiger partial charge in [0, 0.05) is 30.7 Å². The summed E-state index contributed by atoms with van der Waals surface area (Å²) in [6.07, 6.45) is -0.0233. The van der Waals surface area contributed by atoms with Crippen LogP contribution in [-0.4, -0.2) is 74.5 Å². The number of aldehydes is 1. The number of carbonyl (C=O) groups excluding carboxylic acids is 6. The van der Waals surface area contributed by atoms with Gasteiger partial charge in [0.1, 0.15) is 12.3 Å². The third-order valence-electron chi connectivity index (χ3n) is 6.97. The van der Waals surface area contributed by atoms with Crippen LogP contribution < -0.4 is 0 Å². The number of carbonyl (C=O) groups is 6. The molecule has 0 fully saturated rings. The Morgan fingerprint density at radius 3 is 1.86 bits per heavy atom. The largest absolute Gasteiger partial charge is 0.469 e. The quantitative estimate of drug-likeness (QED) is 0.147. The molecule has 13 nitrogen and oxygen atoms in total. The zero-order valence-corrected chi connectivity index (χ0v) is 24.9. The van der Waals surface area contributed by atoms with E-state index in [0.717, 1.165) is 12.7 Å². The number of hydrogen-bond donors (Lipinski definition) is 2. The highest BCUT2D eigenvalue weighted by Gasteiger charge is 2.29. The van der Waals surface area contributed by atoms with E-state index in [9.17, 15) is 28.8 Å². The van der Waals surface area contributed by atoms with Gasteiger partial charge in [0.25, 0.3) is 0 Å². The summed E-state index contributed by atoms with van der Waals surface area (Å²) in [6.45, 7) is -0.0315. The van der Waals surface area contributed by atoms with E-state index in [1.54, 1.807) is 24.3 Å². The molecule has 0 atom stereocenters. The molecule has 0 aliphatic rings. The van der Waals surface area contributed by atoms with Crippen molar-refractivity contribution in [1.82, 2.24) is 9.97 Å². The fourth-order valence-corrected chi connectivity index (χ4v) is 4.76. The van der Waals surface area contributed by atoms with Gasteiger partial charge in [0.2, 0.25) is 0 Å². The molecule has 0 radical (unpaired) electrons. The van der Waals surface area contributed by atoms with Gasteiger partial charge in [-0.25, -0.2) is 9.59 Å². The van der Waals surface area contributed by atoms with Gasteiger partial charge in [-0.15, -0.1) is 0 Å².